The quantitative estimate of drug-likeness (QED) is 0.726. The number of nitrogens with zero attached hydrogens (tertiary/aromatic N) is 1. The van der Waals surface area contributed by atoms with Crippen molar-refractivity contribution >= 4 is 22.9 Å². The van der Waals surface area contributed by atoms with Gasteiger partial charge in [0.2, 0.25) is 12.7 Å². The molecule has 26 heavy (non-hydrogen) atoms. The molecule has 1 aromatic heterocycles. The van der Waals surface area contributed by atoms with Gasteiger partial charge < -0.3 is 14.8 Å². The van der Waals surface area contributed by atoms with E-state index in [-0.39, 0.29) is 12.7 Å². The van der Waals surface area contributed by atoms with E-state index in [1.54, 1.807) is 23.5 Å². The zero-order valence-electron chi connectivity index (χ0n) is 14.3. The average molecular weight is 366 g/mol. The summed E-state index contributed by atoms with van der Waals surface area (Å²) in [7, 11) is 0. The smallest absolute Gasteiger partial charge is 0.231 e. The van der Waals surface area contributed by atoms with Gasteiger partial charge in [-0.3, -0.25) is 4.79 Å². The van der Waals surface area contributed by atoms with Gasteiger partial charge in [-0.25, -0.2) is 4.98 Å². The lowest BCUT2D eigenvalue weighted by Gasteiger charge is -2.05. The number of thiazole rings is 1. The Balaban J connectivity index is 1.35. The first-order chi connectivity index (χ1) is 12.7. The SMILES string of the molecule is Cc1cccc(-c2nc(CCC(=O)Nc3ccc4c(c3)OCO4)cs2)c1. The summed E-state index contributed by atoms with van der Waals surface area (Å²) in [5.74, 6) is 1.31. The molecule has 0 aliphatic carbocycles. The van der Waals surface area contributed by atoms with Crippen LogP contribution >= 0.6 is 11.3 Å². The molecule has 1 aliphatic heterocycles. The summed E-state index contributed by atoms with van der Waals surface area (Å²) in [6, 6.07) is 13.7. The maximum absolute atomic E-state index is 12.2. The molecule has 0 saturated carbocycles. The zero-order chi connectivity index (χ0) is 17.9. The first kappa shape index (κ1) is 16.6. The van der Waals surface area contributed by atoms with Gasteiger partial charge >= 0.3 is 0 Å². The highest BCUT2D eigenvalue weighted by molar-refractivity contribution is 7.13. The third kappa shape index (κ3) is 3.70. The number of fused-ring (bicyclic) bond motifs is 1. The predicted octanol–water partition coefficient (Wildman–Crippen LogP) is 4.42. The summed E-state index contributed by atoms with van der Waals surface area (Å²) >= 11 is 1.61. The van der Waals surface area contributed by atoms with Crippen molar-refractivity contribution in [3.05, 3.63) is 59.1 Å². The van der Waals surface area contributed by atoms with Gasteiger partial charge in [-0.15, -0.1) is 11.3 Å². The van der Waals surface area contributed by atoms with Gasteiger partial charge in [0.25, 0.3) is 0 Å². The predicted molar refractivity (Wildman–Crippen MR) is 102 cm³/mol. The molecule has 0 fully saturated rings. The lowest BCUT2D eigenvalue weighted by atomic mass is 10.1. The molecule has 0 unspecified atom stereocenters. The van der Waals surface area contributed by atoms with Gasteiger partial charge in [0, 0.05) is 29.1 Å². The summed E-state index contributed by atoms with van der Waals surface area (Å²) in [6.45, 7) is 2.29. The molecule has 1 aliphatic rings. The number of hydrogen-bond acceptors (Lipinski definition) is 5. The van der Waals surface area contributed by atoms with Gasteiger partial charge in [-0.05, 0) is 31.5 Å². The van der Waals surface area contributed by atoms with Crippen LogP contribution in [0.15, 0.2) is 47.8 Å². The molecule has 0 radical (unpaired) electrons. The van der Waals surface area contributed by atoms with E-state index < -0.39 is 0 Å². The van der Waals surface area contributed by atoms with Crippen LogP contribution in [0.1, 0.15) is 17.7 Å². The van der Waals surface area contributed by atoms with Crippen molar-refractivity contribution in [2.75, 3.05) is 12.1 Å². The Morgan fingerprint density at radius 1 is 1.19 bits per heavy atom. The van der Waals surface area contributed by atoms with E-state index in [0.29, 0.717) is 30.0 Å². The van der Waals surface area contributed by atoms with E-state index >= 15 is 0 Å². The van der Waals surface area contributed by atoms with Crippen LogP contribution in [-0.2, 0) is 11.2 Å². The Morgan fingerprint density at radius 3 is 2.96 bits per heavy atom. The minimum atomic E-state index is -0.0472. The number of hydrogen-bond donors (Lipinski definition) is 1. The van der Waals surface area contributed by atoms with E-state index in [4.69, 9.17) is 9.47 Å². The van der Waals surface area contributed by atoms with Crippen molar-refractivity contribution in [3.8, 4) is 22.1 Å². The van der Waals surface area contributed by atoms with E-state index in [2.05, 4.69) is 35.4 Å². The Labute approximate surface area is 155 Å². The second-order valence-electron chi connectivity index (χ2n) is 6.13. The topological polar surface area (TPSA) is 60.5 Å². The molecular weight excluding hydrogens is 348 g/mol. The van der Waals surface area contributed by atoms with Crippen molar-refractivity contribution in [2.24, 2.45) is 0 Å². The second-order valence-corrected chi connectivity index (χ2v) is 6.99. The molecule has 1 N–H and O–H groups in total. The number of aromatic nitrogens is 1. The van der Waals surface area contributed by atoms with Gasteiger partial charge in [-0.2, -0.15) is 0 Å². The van der Waals surface area contributed by atoms with Gasteiger partial charge in [0.15, 0.2) is 11.5 Å². The lowest BCUT2D eigenvalue weighted by Crippen LogP contribution is -2.12. The van der Waals surface area contributed by atoms with Crippen molar-refractivity contribution in [3.63, 3.8) is 0 Å². The fraction of sp³-hybridized carbons (Fsp3) is 0.200. The monoisotopic (exact) mass is 366 g/mol. The highest BCUT2D eigenvalue weighted by atomic mass is 32.1. The summed E-state index contributed by atoms with van der Waals surface area (Å²) in [4.78, 5) is 16.8. The lowest BCUT2D eigenvalue weighted by molar-refractivity contribution is -0.116. The molecule has 0 spiro atoms. The highest BCUT2D eigenvalue weighted by Gasteiger charge is 2.14. The third-order valence-corrected chi connectivity index (χ3v) is 5.02. The molecule has 2 heterocycles. The largest absolute Gasteiger partial charge is 0.454 e. The van der Waals surface area contributed by atoms with Crippen molar-refractivity contribution in [1.82, 2.24) is 4.98 Å². The molecule has 4 rings (SSSR count). The molecule has 3 aromatic rings. The van der Waals surface area contributed by atoms with E-state index in [1.165, 1.54) is 5.56 Å². The normalized spacial score (nSPS) is 12.2. The van der Waals surface area contributed by atoms with E-state index in [0.717, 1.165) is 16.3 Å². The van der Waals surface area contributed by atoms with Crippen LogP contribution in [0.3, 0.4) is 0 Å². The van der Waals surface area contributed by atoms with E-state index in [1.807, 2.05) is 17.5 Å². The number of anilines is 1. The number of rotatable bonds is 5. The van der Waals surface area contributed by atoms with Crippen molar-refractivity contribution < 1.29 is 14.3 Å². The molecular formula is C20H18N2O3S. The van der Waals surface area contributed by atoms with Crippen molar-refractivity contribution in [2.45, 2.75) is 19.8 Å². The number of nitrogens with one attached hydrogen (secondary N) is 1. The van der Waals surface area contributed by atoms with Crippen LogP contribution in [0.4, 0.5) is 5.69 Å². The maximum atomic E-state index is 12.2. The first-order valence-electron chi connectivity index (χ1n) is 8.38. The summed E-state index contributed by atoms with van der Waals surface area (Å²) < 4.78 is 10.6. The number of carbonyl (C=O) groups excluding carboxylic acids is 1. The fourth-order valence-corrected chi connectivity index (χ4v) is 3.62. The second kappa shape index (κ2) is 7.17. The zero-order valence-corrected chi connectivity index (χ0v) is 15.1. The molecule has 5 nitrogen and oxygen atoms in total. The standard InChI is InChI=1S/C20H18N2O3S/c1-13-3-2-4-14(9-13)20-22-16(11-26-20)6-8-19(23)21-15-5-7-17-18(10-15)25-12-24-17/h2-5,7,9-11H,6,8,12H2,1H3,(H,21,23). The molecule has 6 heteroatoms. The Hall–Kier alpha value is -2.86. The maximum Gasteiger partial charge on any atom is 0.231 e. The van der Waals surface area contributed by atoms with Gasteiger partial charge in [0.1, 0.15) is 5.01 Å². The molecule has 0 saturated heterocycles. The van der Waals surface area contributed by atoms with Crippen LogP contribution < -0.4 is 14.8 Å². The average Bonchev–Trinajstić information content (AvgIpc) is 3.29. The summed E-state index contributed by atoms with van der Waals surface area (Å²) in [5, 5.41) is 5.89. The van der Waals surface area contributed by atoms with Gasteiger partial charge in [0.05, 0.1) is 5.69 Å². The van der Waals surface area contributed by atoms with Crippen LogP contribution in [-0.4, -0.2) is 17.7 Å². The number of carbonyl (C=O) groups is 1. The fourth-order valence-electron chi connectivity index (χ4n) is 2.77. The Kier molecular flexibility index (Phi) is 4.58. The highest BCUT2D eigenvalue weighted by Crippen LogP contribution is 2.34. The Morgan fingerprint density at radius 2 is 2.08 bits per heavy atom. The number of amides is 1. The molecule has 132 valence electrons. The number of ether oxygens (including phenoxy) is 2. The molecule has 2 aromatic carbocycles. The number of aryl methyl sites for hydroxylation is 2. The third-order valence-electron chi connectivity index (χ3n) is 4.08. The minimum absolute atomic E-state index is 0.0472. The van der Waals surface area contributed by atoms with Crippen molar-refractivity contribution in [1.29, 1.82) is 0 Å². The van der Waals surface area contributed by atoms with Crippen LogP contribution in [0, 0.1) is 6.92 Å². The first-order valence-corrected chi connectivity index (χ1v) is 9.26. The minimum Gasteiger partial charge on any atom is -0.454 e. The van der Waals surface area contributed by atoms with E-state index in [9.17, 15) is 4.79 Å². The van der Waals surface area contributed by atoms with Crippen LogP contribution in [0.25, 0.3) is 10.6 Å². The summed E-state index contributed by atoms with van der Waals surface area (Å²) in [5.41, 5.74) is 3.97. The molecule has 0 atom stereocenters. The summed E-state index contributed by atoms with van der Waals surface area (Å²) in [6.07, 6.45) is 0.990. The number of benzene rings is 2. The molecule has 1 amide bonds. The van der Waals surface area contributed by atoms with Crippen LogP contribution in [0.5, 0.6) is 11.5 Å². The molecule has 0 bridgehead atoms. The van der Waals surface area contributed by atoms with Crippen LogP contribution in [0.2, 0.25) is 0 Å². The Bertz CT molecular complexity index is 952. The van der Waals surface area contributed by atoms with Gasteiger partial charge in [-0.1, -0.05) is 23.8 Å².